The minimum Gasteiger partial charge on any atom is -0.379 e. The third-order valence-electron chi connectivity index (χ3n) is 4.11. The molecule has 0 heterocycles. The first kappa shape index (κ1) is 20.6. The Bertz CT molecular complexity index is 705. The fourth-order valence-corrected chi connectivity index (χ4v) is 3.59. The van der Waals surface area contributed by atoms with Gasteiger partial charge < -0.3 is 15.0 Å². The van der Waals surface area contributed by atoms with E-state index >= 15 is 0 Å². The second-order valence-electron chi connectivity index (χ2n) is 6.42. The normalized spacial score (nSPS) is 15.1. The molecule has 146 valence electrons. The van der Waals surface area contributed by atoms with Crippen molar-refractivity contribution >= 4 is 15.8 Å². The lowest BCUT2D eigenvalue weighted by Gasteiger charge is -2.22. The Labute approximate surface area is 155 Å². The zero-order chi connectivity index (χ0) is 19.0. The van der Waals surface area contributed by atoms with Crippen molar-refractivity contribution in [3.8, 4) is 0 Å². The van der Waals surface area contributed by atoms with Crippen LogP contribution < -0.4 is 5.32 Å². The van der Waals surface area contributed by atoms with Crippen LogP contribution in [0.3, 0.4) is 0 Å². The largest absolute Gasteiger partial charge is 0.379 e. The van der Waals surface area contributed by atoms with Gasteiger partial charge in [0.25, 0.3) is 0 Å². The van der Waals surface area contributed by atoms with Crippen molar-refractivity contribution in [2.75, 3.05) is 45.6 Å². The predicted molar refractivity (Wildman–Crippen MR) is 101 cm³/mol. The number of benzene rings is 1. The lowest BCUT2D eigenvalue weighted by molar-refractivity contribution is 0.115. The summed E-state index contributed by atoms with van der Waals surface area (Å²) in [6.07, 6.45) is 2.52. The number of nitrogens with zero attached hydrogens (tertiary/aromatic N) is 2. The van der Waals surface area contributed by atoms with Crippen LogP contribution in [0.1, 0.15) is 19.8 Å². The monoisotopic (exact) mass is 385 g/mol. The van der Waals surface area contributed by atoms with Crippen molar-refractivity contribution in [1.82, 2.24) is 10.2 Å². The molecule has 0 atom stereocenters. The van der Waals surface area contributed by atoms with Gasteiger partial charge in [-0.05, 0) is 37.8 Å². The zero-order valence-electron chi connectivity index (χ0n) is 15.4. The first-order chi connectivity index (χ1) is 12.4. The number of halogens is 1. The maximum absolute atomic E-state index is 13.7. The highest BCUT2D eigenvalue weighted by Crippen LogP contribution is 2.28. The van der Waals surface area contributed by atoms with Gasteiger partial charge in [0.15, 0.2) is 15.8 Å². The number of aliphatic imine (C=N–C) groups is 1. The van der Waals surface area contributed by atoms with Gasteiger partial charge in [-0.1, -0.05) is 12.1 Å². The van der Waals surface area contributed by atoms with E-state index in [0.717, 1.165) is 18.6 Å². The fourth-order valence-electron chi connectivity index (χ4n) is 2.39. The second kappa shape index (κ2) is 9.87. The van der Waals surface area contributed by atoms with Gasteiger partial charge in [-0.15, -0.1) is 0 Å². The van der Waals surface area contributed by atoms with Crippen LogP contribution in [0, 0.1) is 11.7 Å². The van der Waals surface area contributed by atoms with Crippen molar-refractivity contribution in [2.45, 2.75) is 24.7 Å². The van der Waals surface area contributed by atoms with Gasteiger partial charge in [-0.3, -0.25) is 4.99 Å². The molecular weight excluding hydrogens is 357 g/mol. The Morgan fingerprint density at radius 2 is 2.12 bits per heavy atom. The molecule has 1 N–H and O–H groups in total. The van der Waals surface area contributed by atoms with E-state index in [1.807, 2.05) is 18.9 Å². The van der Waals surface area contributed by atoms with E-state index in [-0.39, 0.29) is 17.2 Å². The number of nitrogens with one attached hydrogen (secondary N) is 1. The summed E-state index contributed by atoms with van der Waals surface area (Å²) in [5.74, 6) is 0.375. The minimum absolute atomic E-state index is 0.0618. The highest BCUT2D eigenvalue weighted by molar-refractivity contribution is 7.91. The van der Waals surface area contributed by atoms with Crippen molar-refractivity contribution in [3.05, 3.63) is 30.1 Å². The van der Waals surface area contributed by atoms with E-state index in [1.165, 1.54) is 31.0 Å². The van der Waals surface area contributed by atoms with Crippen molar-refractivity contribution < 1.29 is 17.5 Å². The number of hydrogen-bond donors (Lipinski definition) is 1. The Morgan fingerprint density at radius 1 is 1.38 bits per heavy atom. The number of likely N-dealkylation sites (N-methyl/N-ethyl adjacent to an activating group) is 1. The van der Waals surface area contributed by atoms with E-state index in [0.29, 0.717) is 25.7 Å². The van der Waals surface area contributed by atoms with Crippen molar-refractivity contribution in [1.29, 1.82) is 0 Å². The van der Waals surface area contributed by atoms with E-state index in [2.05, 4.69) is 10.3 Å². The summed E-state index contributed by atoms with van der Waals surface area (Å²) >= 11 is 0. The Hall–Kier alpha value is -1.67. The summed E-state index contributed by atoms with van der Waals surface area (Å²) in [7, 11) is -1.82. The van der Waals surface area contributed by atoms with Gasteiger partial charge in [-0.2, -0.15) is 0 Å². The maximum atomic E-state index is 13.7. The summed E-state index contributed by atoms with van der Waals surface area (Å²) in [5.41, 5.74) is 0. The average Bonchev–Trinajstić information content (AvgIpc) is 3.42. The predicted octanol–water partition coefficient (Wildman–Crippen LogP) is 1.92. The molecule has 1 aliphatic rings. The molecule has 26 heavy (non-hydrogen) atoms. The third-order valence-corrected chi connectivity index (χ3v) is 5.83. The van der Waals surface area contributed by atoms with Crippen LogP contribution in [-0.4, -0.2) is 64.9 Å². The van der Waals surface area contributed by atoms with Crippen LogP contribution in [0.2, 0.25) is 0 Å². The fraction of sp³-hybridized carbons (Fsp3) is 0.611. The van der Waals surface area contributed by atoms with Crippen LogP contribution in [0.25, 0.3) is 0 Å². The van der Waals surface area contributed by atoms with Crippen LogP contribution >= 0.6 is 0 Å². The molecule has 1 aromatic rings. The van der Waals surface area contributed by atoms with E-state index in [9.17, 15) is 12.8 Å². The molecule has 1 fully saturated rings. The number of sulfone groups is 1. The molecule has 0 bridgehead atoms. The number of ether oxygens (including phenoxy) is 1. The summed E-state index contributed by atoms with van der Waals surface area (Å²) < 4.78 is 43.9. The first-order valence-corrected chi connectivity index (χ1v) is 10.6. The van der Waals surface area contributed by atoms with Gasteiger partial charge in [0, 0.05) is 26.7 Å². The maximum Gasteiger partial charge on any atom is 0.193 e. The van der Waals surface area contributed by atoms with Gasteiger partial charge >= 0.3 is 0 Å². The number of rotatable bonds is 10. The van der Waals surface area contributed by atoms with Crippen LogP contribution in [0.4, 0.5) is 4.39 Å². The molecule has 1 saturated carbocycles. The minimum atomic E-state index is -3.70. The standard InChI is InChI=1S/C18H28FN3O3S/c1-3-20-18(22(2)11-12-25-14-15-8-9-15)21-10-13-26(23,24)17-7-5-4-6-16(17)19/h4-7,15H,3,8-14H2,1-2H3,(H,20,21). The number of guanidine groups is 1. The zero-order valence-corrected chi connectivity index (χ0v) is 16.3. The third kappa shape index (κ3) is 6.57. The lowest BCUT2D eigenvalue weighted by Crippen LogP contribution is -2.41. The molecule has 0 amide bonds. The molecule has 0 aliphatic heterocycles. The summed E-state index contributed by atoms with van der Waals surface area (Å²) in [4.78, 5) is 5.99. The second-order valence-corrected chi connectivity index (χ2v) is 8.50. The Kier molecular flexibility index (Phi) is 7.84. The van der Waals surface area contributed by atoms with Gasteiger partial charge in [-0.25, -0.2) is 12.8 Å². The van der Waals surface area contributed by atoms with Gasteiger partial charge in [0.05, 0.1) is 18.9 Å². The molecule has 0 saturated heterocycles. The Morgan fingerprint density at radius 3 is 2.77 bits per heavy atom. The summed E-state index contributed by atoms with van der Waals surface area (Å²) in [5, 5.41) is 3.13. The molecule has 1 aliphatic carbocycles. The first-order valence-electron chi connectivity index (χ1n) is 8.98. The topological polar surface area (TPSA) is 71.0 Å². The quantitative estimate of drug-likeness (QED) is 0.379. The van der Waals surface area contributed by atoms with Crippen LogP contribution in [0.5, 0.6) is 0 Å². The molecule has 2 rings (SSSR count). The summed E-state index contributed by atoms with van der Waals surface area (Å²) in [6, 6.07) is 5.41. The van der Waals surface area contributed by atoms with Gasteiger partial charge in [0.1, 0.15) is 10.7 Å². The van der Waals surface area contributed by atoms with Crippen molar-refractivity contribution in [3.63, 3.8) is 0 Å². The van der Waals surface area contributed by atoms with Crippen LogP contribution in [0.15, 0.2) is 34.2 Å². The molecule has 6 nitrogen and oxygen atoms in total. The molecule has 8 heteroatoms. The molecule has 1 aromatic carbocycles. The molecule has 0 unspecified atom stereocenters. The smallest absolute Gasteiger partial charge is 0.193 e. The highest BCUT2D eigenvalue weighted by atomic mass is 32.2. The van der Waals surface area contributed by atoms with Crippen LogP contribution in [-0.2, 0) is 14.6 Å². The summed E-state index contributed by atoms with van der Waals surface area (Å²) in [6.45, 7) is 4.76. The molecule has 0 spiro atoms. The van der Waals surface area contributed by atoms with E-state index in [4.69, 9.17) is 4.74 Å². The highest BCUT2D eigenvalue weighted by Gasteiger charge is 2.21. The molecule has 0 radical (unpaired) electrons. The average molecular weight is 386 g/mol. The molecule has 0 aromatic heterocycles. The lowest BCUT2D eigenvalue weighted by atomic mass is 10.3. The van der Waals surface area contributed by atoms with E-state index in [1.54, 1.807) is 0 Å². The van der Waals surface area contributed by atoms with E-state index < -0.39 is 15.7 Å². The van der Waals surface area contributed by atoms with Gasteiger partial charge in [0.2, 0.25) is 0 Å². The molecular formula is C18H28FN3O3S. The number of hydrogen-bond acceptors (Lipinski definition) is 4. The SMILES string of the molecule is CCNC(=NCCS(=O)(=O)c1ccccc1F)N(C)CCOCC1CC1. The van der Waals surface area contributed by atoms with Crippen molar-refractivity contribution in [2.24, 2.45) is 10.9 Å². The Balaban J connectivity index is 1.87.